The number of halogens is 3. The number of nitrogens with zero attached hydrogens (tertiary/aromatic N) is 2. The molecule has 0 atom stereocenters. The van der Waals surface area contributed by atoms with Crippen molar-refractivity contribution < 1.29 is 27.8 Å². The van der Waals surface area contributed by atoms with Gasteiger partial charge in [0.05, 0.1) is 5.56 Å². The minimum atomic E-state index is -4.44. The minimum absolute atomic E-state index is 0.180. The molecule has 1 aliphatic heterocycles. The van der Waals surface area contributed by atoms with Gasteiger partial charge in [0, 0.05) is 38.3 Å². The number of piperazine rings is 1. The van der Waals surface area contributed by atoms with E-state index in [9.17, 15) is 18.0 Å². The second kappa shape index (κ2) is 7.18. The fourth-order valence-corrected chi connectivity index (χ4v) is 2.41. The van der Waals surface area contributed by atoms with E-state index in [1.54, 1.807) is 0 Å². The van der Waals surface area contributed by atoms with E-state index in [2.05, 4.69) is 4.90 Å². The van der Waals surface area contributed by atoms with Crippen LogP contribution in [0, 0.1) is 0 Å². The van der Waals surface area contributed by atoms with Gasteiger partial charge in [0.2, 0.25) is 0 Å². The van der Waals surface area contributed by atoms with Gasteiger partial charge in [-0.1, -0.05) is 0 Å². The first kappa shape index (κ1) is 17.6. The summed E-state index contributed by atoms with van der Waals surface area (Å²) in [6.45, 7) is 2.87. The van der Waals surface area contributed by atoms with Crippen molar-refractivity contribution in [2.24, 2.45) is 0 Å². The lowest BCUT2D eigenvalue weighted by Crippen LogP contribution is -2.43. The highest BCUT2D eigenvalue weighted by Gasteiger charge is 2.31. The third kappa shape index (κ3) is 5.11. The van der Waals surface area contributed by atoms with Gasteiger partial charge in [-0.25, -0.2) is 4.79 Å². The van der Waals surface area contributed by atoms with Crippen molar-refractivity contribution in [3.63, 3.8) is 0 Å². The Morgan fingerprint density at radius 2 is 1.91 bits per heavy atom. The smallest absolute Gasteiger partial charge is 0.416 e. The number of likely N-dealkylation sites (N-methyl/N-ethyl adjacent to an activating group) is 1. The largest absolute Gasteiger partial charge is 0.482 e. The van der Waals surface area contributed by atoms with Crippen LogP contribution in [0.3, 0.4) is 0 Å². The van der Waals surface area contributed by atoms with E-state index >= 15 is 0 Å². The van der Waals surface area contributed by atoms with Crippen LogP contribution in [0.4, 0.5) is 13.2 Å². The molecule has 1 aromatic rings. The van der Waals surface area contributed by atoms with Crippen molar-refractivity contribution in [2.45, 2.75) is 12.7 Å². The first-order valence-corrected chi connectivity index (χ1v) is 7.21. The van der Waals surface area contributed by atoms with Gasteiger partial charge in [-0.15, -0.1) is 0 Å². The normalized spacial score (nSPS) is 17.2. The van der Waals surface area contributed by atoms with Gasteiger partial charge in [-0.3, -0.25) is 4.90 Å². The number of carboxylic acid groups (broad SMARTS) is 1. The van der Waals surface area contributed by atoms with Crippen molar-refractivity contribution in [1.82, 2.24) is 9.80 Å². The molecular weight excluding hydrogens is 313 g/mol. The molecule has 1 N–H and O–H groups in total. The lowest BCUT2D eigenvalue weighted by Gasteiger charge is -2.32. The molecule has 23 heavy (non-hydrogen) atoms. The molecule has 0 aliphatic carbocycles. The summed E-state index contributed by atoms with van der Waals surface area (Å²) in [5.74, 6) is -0.991. The van der Waals surface area contributed by atoms with Crippen LogP contribution in [0.25, 0.3) is 0 Å². The zero-order valence-electron chi connectivity index (χ0n) is 12.8. The Hall–Kier alpha value is -1.80. The maximum absolute atomic E-state index is 12.9. The Morgan fingerprint density at radius 1 is 1.26 bits per heavy atom. The average molecular weight is 332 g/mol. The topological polar surface area (TPSA) is 53.0 Å². The predicted molar refractivity (Wildman–Crippen MR) is 77.3 cm³/mol. The molecule has 128 valence electrons. The molecule has 0 unspecified atom stereocenters. The maximum Gasteiger partial charge on any atom is 0.416 e. The Morgan fingerprint density at radius 3 is 2.48 bits per heavy atom. The van der Waals surface area contributed by atoms with Gasteiger partial charge in [-0.05, 0) is 25.2 Å². The number of carboxylic acids is 1. The van der Waals surface area contributed by atoms with Gasteiger partial charge in [0.15, 0.2) is 6.61 Å². The van der Waals surface area contributed by atoms with Crippen LogP contribution in [0.5, 0.6) is 5.75 Å². The molecule has 0 saturated carbocycles. The third-order valence-corrected chi connectivity index (χ3v) is 3.73. The predicted octanol–water partition coefficient (Wildman–Crippen LogP) is 1.92. The minimum Gasteiger partial charge on any atom is -0.482 e. The van der Waals surface area contributed by atoms with Crippen molar-refractivity contribution in [1.29, 1.82) is 0 Å². The van der Waals surface area contributed by atoms with E-state index in [0.29, 0.717) is 12.1 Å². The summed E-state index contributed by atoms with van der Waals surface area (Å²) in [4.78, 5) is 14.8. The molecule has 2 rings (SSSR count). The molecule has 5 nitrogen and oxygen atoms in total. The number of hydrogen-bond donors (Lipinski definition) is 1. The highest BCUT2D eigenvalue weighted by Crippen LogP contribution is 2.33. The van der Waals surface area contributed by atoms with Crippen LogP contribution in [0.1, 0.15) is 11.1 Å². The zero-order chi connectivity index (χ0) is 17.0. The second-order valence-electron chi connectivity index (χ2n) is 5.58. The van der Waals surface area contributed by atoms with Crippen molar-refractivity contribution >= 4 is 5.97 Å². The fourth-order valence-electron chi connectivity index (χ4n) is 2.41. The van der Waals surface area contributed by atoms with Gasteiger partial charge in [0.1, 0.15) is 5.75 Å². The Balaban J connectivity index is 2.19. The summed E-state index contributed by atoms with van der Waals surface area (Å²) in [5.41, 5.74) is -0.407. The summed E-state index contributed by atoms with van der Waals surface area (Å²) in [7, 11) is 1.99. The van der Waals surface area contributed by atoms with Crippen LogP contribution in [-0.2, 0) is 17.5 Å². The molecule has 0 radical (unpaired) electrons. The lowest BCUT2D eigenvalue weighted by atomic mass is 10.1. The van der Waals surface area contributed by atoms with E-state index in [0.717, 1.165) is 38.3 Å². The molecule has 0 bridgehead atoms. The molecule has 0 amide bonds. The maximum atomic E-state index is 12.9. The number of hydrogen-bond acceptors (Lipinski definition) is 4. The average Bonchev–Trinajstić information content (AvgIpc) is 2.47. The summed E-state index contributed by atoms with van der Waals surface area (Å²) < 4.78 is 43.8. The quantitative estimate of drug-likeness (QED) is 0.893. The van der Waals surface area contributed by atoms with E-state index in [4.69, 9.17) is 9.84 Å². The number of ether oxygens (including phenoxy) is 1. The number of rotatable bonds is 5. The van der Waals surface area contributed by atoms with Crippen LogP contribution in [0.2, 0.25) is 0 Å². The molecule has 8 heteroatoms. The third-order valence-electron chi connectivity index (χ3n) is 3.73. The molecule has 0 aromatic heterocycles. The van der Waals surface area contributed by atoms with E-state index in [1.165, 1.54) is 6.07 Å². The number of carbonyl (C=O) groups is 1. The Kier molecular flexibility index (Phi) is 5.48. The first-order valence-electron chi connectivity index (χ1n) is 7.21. The van der Waals surface area contributed by atoms with E-state index < -0.39 is 24.3 Å². The molecule has 1 saturated heterocycles. The summed E-state index contributed by atoms with van der Waals surface area (Å²) in [5, 5.41) is 8.68. The molecule has 1 fully saturated rings. The fraction of sp³-hybridized carbons (Fsp3) is 0.533. The SMILES string of the molecule is CN1CCN(Cc2cc(C(F)(F)F)ccc2OCC(=O)O)CC1. The van der Waals surface area contributed by atoms with Crippen LogP contribution >= 0.6 is 0 Å². The number of aliphatic carboxylic acids is 1. The van der Waals surface area contributed by atoms with Crippen molar-refractivity contribution in [3.05, 3.63) is 29.3 Å². The van der Waals surface area contributed by atoms with Gasteiger partial charge in [0.25, 0.3) is 0 Å². The molecule has 0 spiro atoms. The second-order valence-corrected chi connectivity index (χ2v) is 5.58. The van der Waals surface area contributed by atoms with Crippen LogP contribution in [0.15, 0.2) is 18.2 Å². The standard InChI is InChI=1S/C15H19F3N2O3/c1-19-4-6-20(7-5-19)9-11-8-12(15(16,17)18)2-3-13(11)23-10-14(21)22/h2-3,8H,4-7,9-10H2,1H3,(H,21,22). The Bertz CT molecular complexity index is 555. The monoisotopic (exact) mass is 332 g/mol. The highest BCUT2D eigenvalue weighted by molar-refractivity contribution is 5.68. The summed E-state index contributed by atoms with van der Waals surface area (Å²) >= 11 is 0. The summed E-state index contributed by atoms with van der Waals surface area (Å²) in [6.07, 6.45) is -4.44. The van der Waals surface area contributed by atoms with Crippen LogP contribution < -0.4 is 4.74 Å². The van der Waals surface area contributed by atoms with Crippen molar-refractivity contribution in [3.8, 4) is 5.75 Å². The van der Waals surface area contributed by atoms with Gasteiger partial charge in [-0.2, -0.15) is 13.2 Å². The Labute approximate surface area is 132 Å². The molecular formula is C15H19F3N2O3. The van der Waals surface area contributed by atoms with E-state index in [1.807, 2.05) is 11.9 Å². The summed E-state index contributed by atoms with van der Waals surface area (Å²) in [6, 6.07) is 3.14. The number of alkyl halides is 3. The highest BCUT2D eigenvalue weighted by atomic mass is 19.4. The molecule has 1 aromatic carbocycles. The molecule has 1 aliphatic rings. The van der Waals surface area contributed by atoms with E-state index in [-0.39, 0.29) is 5.75 Å². The van der Waals surface area contributed by atoms with Gasteiger partial charge >= 0.3 is 12.1 Å². The first-order chi connectivity index (χ1) is 10.8. The zero-order valence-corrected chi connectivity index (χ0v) is 12.8. The number of benzene rings is 1. The van der Waals surface area contributed by atoms with Crippen LogP contribution in [-0.4, -0.2) is 60.7 Å². The van der Waals surface area contributed by atoms with Crippen molar-refractivity contribution in [2.75, 3.05) is 39.8 Å². The molecule has 1 heterocycles. The lowest BCUT2D eigenvalue weighted by molar-refractivity contribution is -0.140. The van der Waals surface area contributed by atoms with Gasteiger partial charge < -0.3 is 14.7 Å².